The minimum Gasteiger partial charge on any atom is -0.370 e. The Balaban J connectivity index is 3.16. The van der Waals surface area contributed by atoms with Crippen molar-refractivity contribution in [2.45, 2.75) is 30.9 Å². The summed E-state index contributed by atoms with van der Waals surface area (Å²) in [6.45, 7) is 0. The summed E-state index contributed by atoms with van der Waals surface area (Å²) in [7, 11) is 0. The van der Waals surface area contributed by atoms with Crippen molar-refractivity contribution >= 4 is 31.2 Å². The van der Waals surface area contributed by atoms with E-state index in [-0.39, 0.29) is 5.91 Å². The van der Waals surface area contributed by atoms with Crippen LogP contribution < -0.4 is 5.73 Å². The first kappa shape index (κ1) is 11.2. The predicted molar refractivity (Wildman–Crippen MR) is 54.3 cm³/mol. The van der Waals surface area contributed by atoms with Crippen molar-refractivity contribution in [1.82, 2.24) is 0 Å². The second-order valence-electron chi connectivity index (χ2n) is 2.52. The van der Waals surface area contributed by atoms with Crippen LogP contribution in [0.5, 0.6) is 0 Å². The molecule has 1 atom stereocenters. The molecule has 66 valence electrons. The van der Waals surface area contributed by atoms with Crippen LogP contribution in [-0.4, -0.2) is 16.9 Å². The standard InChI is InChI=1S/C7H15NOS2/c8-7(9)3-1-2-6(11)4-5-10/h6,10-11H,1-5H2,(H2,8,9). The molecular weight excluding hydrogens is 178 g/mol. The van der Waals surface area contributed by atoms with Gasteiger partial charge in [-0.1, -0.05) is 0 Å². The molecule has 0 rings (SSSR count). The quantitative estimate of drug-likeness (QED) is 0.546. The van der Waals surface area contributed by atoms with Crippen molar-refractivity contribution < 1.29 is 4.79 Å². The number of primary amides is 1. The van der Waals surface area contributed by atoms with E-state index < -0.39 is 0 Å². The van der Waals surface area contributed by atoms with Gasteiger partial charge in [-0.3, -0.25) is 4.79 Å². The highest BCUT2D eigenvalue weighted by atomic mass is 32.1. The van der Waals surface area contributed by atoms with E-state index in [0.717, 1.165) is 25.0 Å². The maximum atomic E-state index is 10.3. The number of thiol groups is 2. The Hall–Kier alpha value is 0.170. The Labute approximate surface area is 78.7 Å². The summed E-state index contributed by atoms with van der Waals surface area (Å²) in [5.41, 5.74) is 4.97. The molecule has 1 amide bonds. The molecule has 0 aliphatic heterocycles. The van der Waals surface area contributed by atoms with Crippen LogP contribution in [0, 0.1) is 0 Å². The number of carbonyl (C=O) groups excluding carboxylic acids is 1. The van der Waals surface area contributed by atoms with Gasteiger partial charge in [-0.25, -0.2) is 0 Å². The van der Waals surface area contributed by atoms with E-state index in [1.54, 1.807) is 0 Å². The fourth-order valence-corrected chi connectivity index (χ4v) is 1.63. The molecule has 1 unspecified atom stereocenters. The first-order chi connectivity index (χ1) is 5.16. The molecule has 0 saturated heterocycles. The summed E-state index contributed by atoms with van der Waals surface area (Å²) >= 11 is 8.39. The lowest BCUT2D eigenvalue weighted by Gasteiger charge is -2.06. The number of rotatable bonds is 6. The largest absolute Gasteiger partial charge is 0.370 e. The molecule has 0 aromatic carbocycles. The van der Waals surface area contributed by atoms with E-state index in [4.69, 9.17) is 5.73 Å². The van der Waals surface area contributed by atoms with Gasteiger partial charge < -0.3 is 5.73 Å². The molecule has 0 aromatic rings. The van der Waals surface area contributed by atoms with Gasteiger partial charge in [0, 0.05) is 11.7 Å². The predicted octanol–water partition coefficient (Wildman–Crippen LogP) is 1.26. The van der Waals surface area contributed by atoms with Crippen LogP contribution >= 0.6 is 25.3 Å². The van der Waals surface area contributed by atoms with Gasteiger partial charge >= 0.3 is 0 Å². The van der Waals surface area contributed by atoms with Crippen molar-refractivity contribution in [1.29, 1.82) is 0 Å². The summed E-state index contributed by atoms with van der Waals surface area (Å²) in [5, 5.41) is 0.367. The Bertz CT molecular complexity index is 119. The number of hydrogen-bond acceptors (Lipinski definition) is 3. The third kappa shape index (κ3) is 8.07. The molecule has 11 heavy (non-hydrogen) atoms. The fourth-order valence-electron chi connectivity index (χ4n) is 0.805. The monoisotopic (exact) mass is 193 g/mol. The summed E-state index contributed by atoms with van der Waals surface area (Å²) in [4.78, 5) is 10.3. The maximum absolute atomic E-state index is 10.3. The highest BCUT2D eigenvalue weighted by Crippen LogP contribution is 2.10. The van der Waals surface area contributed by atoms with Gasteiger partial charge in [0.05, 0.1) is 0 Å². The van der Waals surface area contributed by atoms with Gasteiger partial charge in [-0.15, -0.1) is 0 Å². The second-order valence-corrected chi connectivity index (χ2v) is 3.70. The Morgan fingerprint density at radius 1 is 1.45 bits per heavy atom. The molecule has 0 aromatic heterocycles. The molecule has 0 heterocycles. The van der Waals surface area contributed by atoms with Gasteiger partial charge in [0.1, 0.15) is 0 Å². The van der Waals surface area contributed by atoms with Crippen LogP contribution in [0.2, 0.25) is 0 Å². The van der Waals surface area contributed by atoms with Crippen molar-refractivity contribution in [3.63, 3.8) is 0 Å². The molecule has 0 saturated carbocycles. The van der Waals surface area contributed by atoms with Crippen LogP contribution in [0.15, 0.2) is 0 Å². The van der Waals surface area contributed by atoms with Crippen molar-refractivity contribution in [3.05, 3.63) is 0 Å². The molecule has 0 aliphatic rings. The van der Waals surface area contributed by atoms with Crippen molar-refractivity contribution in [3.8, 4) is 0 Å². The molecule has 4 heteroatoms. The van der Waals surface area contributed by atoms with Crippen LogP contribution in [0.4, 0.5) is 0 Å². The normalized spacial score (nSPS) is 12.9. The first-order valence-electron chi connectivity index (χ1n) is 3.74. The smallest absolute Gasteiger partial charge is 0.217 e. The molecular formula is C7H15NOS2. The number of hydrogen-bond donors (Lipinski definition) is 3. The van der Waals surface area contributed by atoms with Crippen LogP contribution in [0.25, 0.3) is 0 Å². The lowest BCUT2D eigenvalue weighted by molar-refractivity contribution is -0.118. The second kappa shape index (κ2) is 6.85. The van der Waals surface area contributed by atoms with E-state index in [2.05, 4.69) is 25.3 Å². The van der Waals surface area contributed by atoms with E-state index in [1.807, 2.05) is 0 Å². The minimum absolute atomic E-state index is 0.226. The van der Waals surface area contributed by atoms with Crippen LogP contribution in [-0.2, 0) is 4.79 Å². The average Bonchev–Trinajstić information content (AvgIpc) is 1.87. The minimum atomic E-state index is -0.226. The highest BCUT2D eigenvalue weighted by Gasteiger charge is 2.02. The molecule has 0 fully saturated rings. The summed E-state index contributed by atoms with van der Waals surface area (Å²) in [5.74, 6) is 0.626. The number of carbonyl (C=O) groups is 1. The Morgan fingerprint density at radius 3 is 2.55 bits per heavy atom. The lowest BCUT2D eigenvalue weighted by Crippen LogP contribution is -2.11. The molecule has 0 radical (unpaired) electrons. The number of nitrogens with two attached hydrogens (primary N) is 1. The molecule has 0 spiro atoms. The van der Waals surface area contributed by atoms with Gasteiger partial charge in [0.25, 0.3) is 0 Å². The SMILES string of the molecule is NC(=O)CCCC(S)CCS. The Morgan fingerprint density at radius 2 is 2.09 bits per heavy atom. The zero-order chi connectivity index (χ0) is 8.69. The first-order valence-corrected chi connectivity index (χ1v) is 4.89. The van der Waals surface area contributed by atoms with Crippen LogP contribution in [0.1, 0.15) is 25.7 Å². The molecule has 2 N–H and O–H groups in total. The van der Waals surface area contributed by atoms with E-state index in [1.165, 1.54) is 0 Å². The average molecular weight is 193 g/mol. The summed E-state index contributed by atoms with van der Waals surface area (Å²) in [6.07, 6.45) is 3.26. The van der Waals surface area contributed by atoms with Crippen molar-refractivity contribution in [2.75, 3.05) is 5.75 Å². The molecule has 2 nitrogen and oxygen atoms in total. The number of amides is 1. The van der Waals surface area contributed by atoms with Crippen molar-refractivity contribution in [2.24, 2.45) is 5.73 Å². The van der Waals surface area contributed by atoms with Gasteiger partial charge in [-0.2, -0.15) is 25.3 Å². The fraction of sp³-hybridized carbons (Fsp3) is 0.857. The van der Waals surface area contributed by atoms with Gasteiger partial charge in [-0.05, 0) is 25.0 Å². The molecule has 0 bridgehead atoms. The van der Waals surface area contributed by atoms with Gasteiger partial charge in [0.15, 0.2) is 0 Å². The van der Waals surface area contributed by atoms with E-state index in [0.29, 0.717) is 11.7 Å². The molecule has 0 aliphatic carbocycles. The lowest BCUT2D eigenvalue weighted by atomic mass is 10.1. The Kier molecular flexibility index (Phi) is 6.96. The maximum Gasteiger partial charge on any atom is 0.217 e. The van der Waals surface area contributed by atoms with E-state index in [9.17, 15) is 4.79 Å². The summed E-state index contributed by atoms with van der Waals surface area (Å²) in [6, 6.07) is 0. The van der Waals surface area contributed by atoms with E-state index >= 15 is 0 Å². The zero-order valence-corrected chi connectivity index (χ0v) is 8.28. The zero-order valence-electron chi connectivity index (χ0n) is 6.49. The summed E-state index contributed by atoms with van der Waals surface area (Å²) < 4.78 is 0. The topological polar surface area (TPSA) is 43.1 Å². The van der Waals surface area contributed by atoms with Crippen LogP contribution in [0.3, 0.4) is 0 Å². The van der Waals surface area contributed by atoms with Gasteiger partial charge in [0.2, 0.25) is 5.91 Å². The third-order valence-corrected chi connectivity index (χ3v) is 2.20. The third-order valence-electron chi connectivity index (χ3n) is 1.42. The highest BCUT2D eigenvalue weighted by molar-refractivity contribution is 7.81.